The van der Waals surface area contributed by atoms with Crippen molar-refractivity contribution in [2.75, 3.05) is 10.2 Å². The van der Waals surface area contributed by atoms with Gasteiger partial charge in [-0.15, -0.1) is 0 Å². The fourth-order valence-electron chi connectivity index (χ4n) is 3.94. The number of rotatable bonds is 5. The Bertz CT molecular complexity index is 1490. The van der Waals surface area contributed by atoms with Gasteiger partial charge in [-0.25, -0.2) is 9.69 Å². The first-order valence-electron chi connectivity index (χ1n) is 10.8. The Morgan fingerprint density at radius 1 is 0.943 bits per heavy atom. The number of imide groups is 2. The number of barbiturate groups is 1. The van der Waals surface area contributed by atoms with Crippen LogP contribution in [0.5, 0.6) is 0 Å². The summed E-state index contributed by atoms with van der Waals surface area (Å²) in [6, 6.07) is 18.6. The molecule has 0 radical (unpaired) electrons. The molecule has 0 saturated carbocycles. The van der Waals surface area contributed by atoms with E-state index in [4.69, 9.17) is 0 Å². The summed E-state index contributed by atoms with van der Waals surface area (Å²) in [5.41, 5.74) is 2.10. The summed E-state index contributed by atoms with van der Waals surface area (Å²) in [5, 5.41) is 5.81. The number of hydrogen-bond acceptors (Lipinski definition) is 5. The molecule has 172 valence electrons. The van der Waals surface area contributed by atoms with Gasteiger partial charge in [0.15, 0.2) is 0 Å². The average Bonchev–Trinajstić information content (AvgIpc) is 3.20. The van der Waals surface area contributed by atoms with Crippen LogP contribution in [0.2, 0.25) is 0 Å². The minimum Gasteiger partial charge on any atom is -0.337 e. The molecule has 35 heavy (non-hydrogen) atoms. The number of benzene rings is 2. The number of anilines is 2. The van der Waals surface area contributed by atoms with E-state index in [2.05, 4.69) is 15.6 Å². The fourth-order valence-corrected chi connectivity index (χ4v) is 3.94. The largest absolute Gasteiger partial charge is 0.337 e. The number of aromatic nitrogens is 2. The van der Waals surface area contributed by atoms with E-state index in [9.17, 15) is 19.2 Å². The quantitative estimate of drug-likeness (QED) is 0.347. The molecule has 5 amide bonds. The summed E-state index contributed by atoms with van der Waals surface area (Å²) >= 11 is 0. The van der Waals surface area contributed by atoms with E-state index < -0.39 is 17.8 Å². The predicted molar refractivity (Wildman–Crippen MR) is 130 cm³/mol. The Labute approximate surface area is 199 Å². The number of fused-ring (bicyclic) bond motifs is 1. The van der Waals surface area contributed by atoms with Gasteiger partial charge in [0.05, 0.1) is 5.69 Å². The maximum absolute atomic E-state index is 13.2. The minimum atomic E-state index is -0.830. The molecular formula is C26H19N5O4. The lowest BCUT2D eigenvalue weighted by atomic mass is 10.1. The Kier molecular flexibility index (Phi) is 5.64. The van der Waals surface area contributed by atoms with E-state index in [1.54, 1.807) is 22.9 Å². The zero-order chi connectivity index (χ0) is 24.4. The third-order valence-corrected chi connectivity index (χ3v) is 5.51. The van der Waals surface area contributed by atoms with Crippen molar-refractivity contribution in [3.63, 3.8) is 0 Å². The predicted octanol–water partition coefficient (Wildman–Crippen LogP) is 3.34. The molecule has 2 aromatic heterocycles. The van der Waals surface area contributed by atoms with Crippen LogP contribution in [-0.2, 0) is 20.9 Å². The molecule has 5 rings (SSSR count). The number of pyridine rings is 1. The number of hydrogen-bond donors (Lipinski definition) is 2. The highest BCUT2D eigenvalue weighted by Gasteiger charge is 2.37. The molecule has 0 unspecified atom stereocenters. The SMILES string of the molecule is O=C(Cn1cc(/C=C2\C(=O)NC(=O)N(c3ccncc3)C2=O)c2ccccc21)Nc1ccccc1. The molecule has 2 aromatic carbocycles. The van der Waals surface area contributed by atoms with Gasteiger partial charge in [0, 0.05) is 40.7 Å². The molecule has 9 heteroatoms. The van der Waals surface area contributed by atoms with Crippen LogP contribution in [0.4, 0.5) is 16.2 Å². The molecule has 0 spiro atoms. The molecule has 1 fully saturated rings. The van der Waals surface area contributed by atoms with E-state index in [1.165, 1.54) is 30.6 Å². The smallest absolute Gasteiger partial charge is 0.335 e. The number of nitrogens with zero attached hydrogens (tertiary/aromatic N) is 3. The van der Waals surface area contributed by atoms with Crippen molar-refractivity contribution in [1.82, 2.24) is 14.9 Å². The first-order valence-corrected chi connectivity index (χ1v) is 10.8. The number of urea groups is 1. The fraction of sp³-hybridized carbons (Fsp3) is 0.0385. The van der Waals surface area contributed by atoms with E-state index in [0.29, 0.717) is 16.9 Å². The van der Waals surface area contributed by atoms with Crippen LogP contribution in [-0.4, -0.2) is 33.3 Å². The molecule has 9 nitrogen and oxygen atoms in total. The van der Waals surface area contributed by atoms with Crippen molar-refractivity contribution >= 4 is 52.1 Å². The van der Waals surface area contributed by atoms with Crippen LogP contribution in [0.25, 0.3) is 17.0 Å². The summed E-state index contributed by atoms with van der Waals surface area (Å²) in [6.07, 6.45) is 6.04. The lowest BCUT2D eigenvalue weighted by Gasteiger charge is -2.26. The number of amides is 5. The van der Waals surface area contributed by atoms with Crippen LogP contribution in [0.15, 0.2) is 90.9 Å². The third kappa shape index (κ3) is 4.30. The number of carbonyl (C=O) groups is 4. The van der Waals surface area contributed by atoms with Crippen molar-refractivity contribution in [2.24, 2.45) is 0 Å². The highest BCUT2D eigenvalue weighted by Crippen LogP contribution is 2.26. The van der Waals surface area contributed by atoms with Crippen LogP contribution in [0.1, 0.15) is 5.56 Å². The molecule has 1 aliphatic heterocycles. The number of para-hydroxylation sites is 2. The van der Waals surface area contributed by atoms with E-state index in [-0.39, 0.29) is 18.0 Å². The van der Waals surface area contributed by atoms with Gasteiger partial charge in [-0.05, 0) is 36.4 Å². The van der Waals surface area contributed by atoms with E-state index in [0.717, 1.165) is 15.8 Å². The molecule has 0 aliphatic carbocycles. The Morgan fingerprint density at radius 3 is 2.43 bits per heavy atom. The maximum Gasteiger partial charge on any atom is 0.335 e. The van der Waals surface area contributed by atoms with Crippen LogP contribution in [0.3, 0.4) is 0 Å². The normalized spacial score (nSPS) is 14.9. The molecule has 0 atom stereocenters. The van der Waals surface area contributed by atoms with Gasteiger partial charge in [-0.1, -0.05) is 36.4 Å². The van der Waals surface area contributed by atoms with Crippen LogP contribution < -0.4 is 15.5 Å². The topological polar surface area (TPSA) is 113 Å². The Balaban J connectivity index is 1.49. The number of carbonyl (C=O) groups excluding carboxylic acids is 4. The van der Waals surface area contributed by atoms with Gasteiger partial charge < -0.3 is 9.88 Å². The average molecular weight is 465 g/mol. The van der Waals surface area contributed by atoms with Gasteiger partial charge in [-0.3, -0.25) is 24.7 Å². The molecule has 1 saturated heterocycles. The zero-order valence-electron chi connectivity index (χ0n) is 18.3. The second-order valence-corrected chi connectivity index (χ2v) is 7.81. The highest BCUT2D eigenvalue weighted by atomic mass is 16.2. The monoisotopic (exact) mass is 465 g/mol. The van der Waals surface area contributed by atoms with Gasteiger partial charge in [0.2, 0.25) is 5.91 Å². The van der Waals surface area contributed by atoms with Gasteiger partial charge in [-0.2, -0.15) is 0 Å². The highest BCUT2D eigenvalue weighted by molar-refractivity contribution is 6.39. The molecule has 1 aliphatic rings. The minimum absolute atomic E-state index is 0.0281. The van der Waals surface area contributed by atoms with Gasteiger partial charge in [0.1, 0.15) is 12.1 Å². The van der Waals surface area contributed by atoms with Crippen LogP contribution >= 0.6 is 0 Å². The van der Waals surface area contributed by atoms with Gasteiger partial charge >= 0.3 is 6.03 Å². The van der Waals surface area contributed by atoms with Crippen molar-refractivity contribution in [3.8, 4) is 0 Å². The molecule has 3 heterocycles. The first kappa shape index (κ1) is 21.8. The molecule has 0 bridgehead atoms. The first-order chi connectivity index (χ1) is 17.0. The second-order valence-electron chi connectivity index (χ2n) is 7.81. The van der Waals surface area contributed by atoms with Crippen molar-refractivity contribution in [1.29, 1.82) is 0 Å². The van der Waals surface area contributed by atoms with Crippen molar-refractivity contribution in [3.05, 3.63) is 96.5 Å². The standard InChI is InChI=1S/C26H19N5O4/c32-23(28-18-6-2-1-3-7-18)16-30-15-17(20-8-4-5-9-22(20)30)14-21-24(33)29-26(35)31(25(21)34)19-10-12-27-13-11-19/h1-15H,16H2,(H,28,32)(H,29,33,35)/b21-14+. The summed E-state index contributed by atoms with van der Waals surface area (Å²) in [6.45, 7) is 0.0281. The second kappa shape index (κ2) is 9.06. The third-order valence-electron chi connectivity index (χ3n) is 5.51. The Hall–Kier alpha value is -5.05. The zero-order valence-corrected chi connectivity index (χ0v) is 18.3. The summed E-state index contributed by atoms with van der Waals surface area (Å²) in [4.78, 5) is 55.6. The molecular weight excluding hydrogens is 446 g/mol. The van der Waals surface area contributed by atoms with E-state index >= 15 is 0 Å². The summed E-state index contributed by atoms with van der Waals surface area (Å²) in [7, 11) is 0. The Morgan fingerprint density at radius 2 is 1.66 bits per heavy atom. The van der Waals surface area contributed by atoms with Gasteiger partial charge in [0.25, 0.3) is 11.8 Å². The van der Waals surface area contributed by atoms with Crippen molar-refractivity contribution < 1.29 is 19.2 Å². The molecule has 2 N–H and O–H groups in total. The maximum atomic E-state index is 13.2. The summed E-state index contributed by atoms with van der Waals surface area (Å²) in [5.74, 6) is -1.76. The lowest BCUT2D eigenvalue weighted by Crippen LogP contribution is -2.54. The molecule has 4 aromatic rings. The summed E-state index contributed by atoms with van der Waals surface area (Å²) < 4.78 is 1.75. The van der Waals surface area contributed by atoms with Crippen molar-refractivity contribution in [2.45, 2.75) is 6.54 Å². The number of nitrogens with one attached hydrogen (secondary N) is 2. The van der Waals surface area contributed by atoms with E-state index in [1.807, 2.05) is 42.5 Å². The lowest BCUT2D eigenvalue weighted by molar-refractivity contribution is -0.122. The van der Waals surface area contributed by atoms with Crippen LogP contribution in [0, 0.1) is 0 Å².